The highest BCUT2D eigenvalue weighted by Crippen LogP contribution is 2.50. The van der Waals surface area contributed by atoms with Gasteiger partial charge in [0.05, 0.1) is 10.2 Å². The minimum absolute atomic E-state index is 0.0854. The molecule has 8 rings (SSSR count). The first-order valence-corrected chi connectivity index (χ1v) is 18.1. The van der Waals surface area contributed by atoms with Gasteiger partial charge in [-0.05, 0) is 105 Å². The largest absolute Gasteiger partial charge is 0.488 e. The lowest BCUT2D eigenvalue weighted by molar-refractivity contribution is -0.122. The van der Waals surface area contributed by atoms with Crippen LogP contribution in [0.3, 0.4) is 0 Å². The molecule has 0 unspecified atom stereocenters. The first-order chi connectivity index (χ1) is 24.8. The van der Waals surface area contributed by atoms with Crippen molar-refractivity contribution in [2.24, 2.45) is 0 Å². The van der Waals surface area contributed by atoms with Gasteiger partial charge in [0, 0.05) is 35.6 Å². The average Bonchev–Trinajstić information content (AvgIpc) is 3.14. The van der Waals surface area contributed by atoms with Crippen LogP contribution in [0.25, 0.3) is 6.08 Å². The quantitative estimate of drug-likeness (QED) is 0.132. The molecule has 9 heteroatoms. The van der Waals surface area contributed by atoms with Crippen molar-refractivity contribution < 1.29 is 19.1 Å². The highest BCUT2D eigenvalue weighted by atomic mass is 79.9. The maximum Gasteiger partial charge on any atom is 0.335 e. The van der Waals surface area contributed by atoms with E-state index in [9.17, 15) is 14.4 Å². The molecule has 4 amide bonds. The van der Waals surface area contributed by atoms with Crippen LogP contribution >= 0.6 is 27.5 Å². The molecular formula is C42H33BrClN3O4. The van der Waals surface area contributed by atoms with Crippen LogP contribution in [0, 0.1) is 0 Å². The molecule has 254 valence electrons. The number of urea groups is 1. The highest BCUT2D eigenvalue weighted by Gasteiger charge is 2.40. The number of hydrogen-bond acceptors (Lipinski definition) is 5. The number of barbiturate groups is 1. The molecule has 0 saturated carbocycles. The Balaban J connectivity index is 1.16. The normalized spacial score (nSPS) is 19.2. The van der Waals surface area contributed by atoms with Gasteiger partial charge >= 0.3 is 6.03 Å². The lowest BCUT2D eigenvalue weighted by atomic mass is 9.76. The fourth-order valence-electron chi connectivity index (χ4n) is 7.54. The van der Waals surface area contributed by atoms with Crippen molar-refractivity contribution in [1.82, 2.24) is 5.32 Å². The van der Waals surface area contributed by atoms with E-state index in [4.69, 9.17) is 16.3 Å². The topological polar surface area (TPSA) is 79.0 Å². The fourth-order valence-corrected chi connectivity index (χ4v) is 8.26. The molecule has 3 aliphatic rings. The number of imide groups is 2. The summed E-state index contributed by atoms with van der Waals surface area (Å²) in [4.78, 5) is 44.6. The molecule has 51 heavy (non-hydrogen) atoms. The van der Waals surface area contributed by atoms with Gasteiger partial charge < -0.3 is 9.64 Å². The molecule has 3 heterocycles. The minimum atomic E-state index is -0.767. The average molecular weight is 759 g/mol. The van der Waals surface area contributed by atoms with Gasteiger partial charge in [-0.3, -0.25) is 14.9 Å². The van der Waals surface area contributed by atoms with E-state index in [1.807, 2.05) is 66.7 Å². The summed E-state index contributed by atoms with van der Waals surface area (Å²) >= 11 is 9.68. The Bertz CT molecular complexity index is 2130. The van der Waals surface area contributed by atoms with Gasteiger partial charge in [0.2, 0.25) is 0 Å². The Morgan fingerprint density at radius 3 is 2.04 bits per heavy atom. The Kier molecular flexibility index (Phi) is 8.96. The molecule has 0 spiro atoms. The van der Waals surface area contributed by atoms with Crippen molar-refractivity contribution in [3.63, 3.8) is 0 Å². The van der Waals surface area contributed by atoms with Crippen LogP contribution in [-0.4, -0.2) is 30.9 Å². The van der Waals surface area contributed by atoms with E-state index >= 15 is 0 Å². The summed E-state index contributed by atoms with van der Waals surface area (Å²) in [6, 6.07) is 36.7. The highest BCUT2D eigenvalue weighted by molar-refractivity contribution is 9.10. The summed E-state index contributed by atoms with van der Waals surface area (Å²) in [6.07, 6.45) is 3.33. The monoisotopic (exact) mass is 757 g/mol. The van der Waals surface area contributed by atoms with Crippen molar-refractivity contribution in [2.45, 2.75) is 31.3 Å². The number of rotatable bonds is 7. The molecule has 1 fully saturated rings. The summed E-state index contributed by atoms with van der Waals surface area (Å²) in [7, 11) is 0. The maximum atomic E-state index is 14.3. The molecule has 5 aromatic rings. The first kappa shape index (κ1) is 33.0. The number of ether oxygens (including phenoxy) is 1. The molecule has 0 aromatic heterocycles. The Morgan fingerprint density at radius 1 is 0.784 bits per heavy atom. The van der Waals surface area contributed by atoms with Crippen LogP contribution in [-0.2, 0) is 16.2 Å². The number of carbonyl (C=O) groups excluding carboxylic acids is 3. The first-order valence-electron chi connectivity index (χ1n) is 16.9. The van der Waals surface area contributed by atoms with E-state index in [0.29, 0.717) is 33.1 Å². The molecule has 7 nitrogen and oxygen atoms in total. The molecular weight excluding hydrogens is 726 g/mol. The zero-order chi connectivity index (χ0) is 35.1. The molecule has 0 radical (unpaired) electrons. The van der Waals surface area contributed by atoms with Crippen LogP contribution in [0.4, 0.5) is 16.2 Å². The summed E-state index contributed by atoms with van der Waals surface area (Å²) in [5.74, 6) is -0.659. The Hall–Kier alpha value is -5.18. The number of carbonyl (C=O) groups is 3. The lowest BCUT2D eigenvalue weighted by Gasteiger charge is -2.44. The van der Waals surface area contributed by atoms with Gasteiger partial charge in [-0.15, -0.1) is 0 Å². The number of amides is 4. The smallest absolute Gasteiger partial charge is 0.335 e. The van der Waals surface area contributed by atoms with E-state index < -0.39 is 17.8 Å². The van der Waals surface area contributed by atoms with Gasteiger partial charge in [-0.2, -0.15) is 0 Å². The fraction of sp³-hybridized carbons (Fsp3) is 0.167. The Labute approximate surface area is 309 Å². The van der Waals surface area contributed by atoms with Gasteiger partial charge in [0.25, 0.3) is 11.8 Å². The minimum Gasteiger partial charge on any atom is -0.488 e. The second-order valence-electron chi connectivity index (χ2n) is 13.0. The molecule has 3 aliphatic heterocycles. The van der Waals surface area contributed by atoms with Gasteiger partial charge in [0.15, 0.2) is 0 Å². The Morgan fingerprint density at radius 2 is 1.43 bits per heavy atom. The number of anilines is 2. The number of hydrogen-bond donors (Lipinski definition) is 1. The van der Waals surface area contributed by atoms with Gasteiger partial charge in [-0.25, -0.2) is 9.69 Å². The number of halogens is 2. The van der Waals surface area contributed by atoms with Crippen molar-refractivity contribution in [3.8, 4) is 5.75 Å². The molecule has 0 bridgehead atoms. The van der Waals surface area contributed by atoms with Crippen LogP contribution < -0.4 is 19.9 Å². The number of nitrogens with one attached hydrogen (secondary N) is 1. The summed E-state index contributed by atoms with van der Waals surface area (Å²) in [5, 5.41) is 3.05. The summed E-state index contributed by atoms with van der Waals surface area (Å²) < 4.78 is 6.63. The molecule has 1 saturated heterocycles. The number of nitrogens with zero attached hydrogens (tertiary/aromatic N) is 2. The van der Waals surface area contributed by atoms with Gasteiger partial charge in [0.1, 0.15) is 17.9 Å². The maximum absolute atomic E-state index is 14.3. The van der Waals surface area contributed by atoms with E-state index in [1.54, 1.807) is 24.3 Å². The van der Waals surface area contributed by atoms with Crippen molar-refractivity contribution in [1.29, 1.82) is 0 Å². The molecule has 5 aromatic carbocycles. The summed E-state index contributed by atoms with van der Waals surface area (Å²) in [6.45, 7) is 2.16. The van der Waals surface area contributed by atoms with Gasteiger partial charge in [-0.1, -0.05) is 90.5 Å². The van der Waals surface area contributed by atoms with Crippen molar-refractivity contribution in [3.05, 3.63) is 164 Å². The standard InChI is InChI=1S/C42H33BrClN3O4/c43-37-22-26(14-15-38(37)51-25-27-8-7-13-30(44)20-27)21-36-40(48)45-42(50)47(41(36)49)31-23-34-32(28-9-3-1-4-10-28)16-18-46-19-17-33(35(24-31)39(34)46)29-11-5-2-6-12-29/h1-15,20-24,32-33H,16-19,25H2,(H,45,48,50)/b36-21+/t32-,33-/m1/s1. The SMILES string of the molecule is O=C1NC(=O)N(c2cc3c4c(c2)[C@@H](c2ccccc2)CCN4CC[C@@H]3c2ccccc2)C(=O)/C1=C/c1ccc(OCc2cccc(Cl)c2)c(Br)c1. The van der Waals surface area contributed by atoms with Crippen LogP contribution in [0.15, 0.2) is 125 Å². The second-order valence-corrected chi connectivity index (χ2v) is 14.3. The zero-order valence-corrected chi connectivity index (χ0v) is 29.9. The predicted octanol–water partition coefficient (Wildman–Crippen LogP) is 9.23. The van der Waals surface area contributed by atoms with Crippen LogP contribution in [0.1, 0.15) is 58.1 Å². The molecule has 2 atom stereocenters. The third kappa shape index (κ3) is 6.46. The zero-order valence-electron chi connectivity index (χ0n) is 27.5. The summed E-state index contributed by atoms with van der Waals surface area (Å²) in [5.41, 5.74) is 7.55. The van der Waals surface area contributed by atoms with E-state index in [-0.39, 0.29) is 17.4 Å². The second kappa shape index (κ2) is 13.9. The van der Waals surface area contributed by atoms with Crippen LogP contribution in [0.2, 0.25) is 5.02 Å². The van der Waals surface area contributed by atoms with Crippen LogP contribution in [0.5, 0.6) is 5.75 Å². The van der Waals surface area contributed by atoms with Crippen molar-refractivity contribution in [2.75, 3.05) is 22.9 Å². The van der Waals surface area contributed by atoms with E-state index in [2.05, 4.69) is 50.4 Å². The van der Waals surface area contributed by atoms with E-state index in [0.717, 1.165) is 47.5 Å². The molecule has 1 N–H and O–H groups in total. The predicted molar refractivity (Wildman–Crippen MR) is 203 cm³/mol. The molecule has 0 aliphatic carbocycles. The number of benzene rings is 5. The third-order valence-corrected chi connectivity index (χ3v) is 10.8. The lowest BCUT2D eigenvalue weighted by Crippen LogP contribution is -2.54. The third-order valence-electron chi connectivity index (χ3n) is 9.91. The van der Waals surface area contributed by atoms with Crippen molar-refractivity contribution >= 4 is 62.8 Å². The van der Waals surface area contributed by atoms with E-state index in [1.165, 1.54) is 22.9 Å².